The molecule has 0 fully saturated rings. The first-order valence-electron chi connectivity index (χ1n) is 10.1. The number of hydrogen-bond acceptors (Lipinski definition) is 2. The van der Waals surface area contributed by atoms with Crippen LogP contribution < -0.4 is 21.2 Å². The summed E-state index contributed by atoms with van der Waals surface area (Å²) in [6, 6.07) is 37.9. The van der Waals surface area contributed by atoms with Crippen LogP contribution in [-0.4, -0.2) is 0 Å². The standard InChI is InChI=1S/C28H18IO2/c1-3-7-21-17-23(11-9-19(21)5-1)25-13-15-27(30-25)29-28-16-14-26(31-28)24-12-10-20-6-2-4-8-22(20)18-24/h1-18H/q+1. The SMILES string of the molecule is c1ccc2cc(-c3ccc([I+]c4ccc(-c5ccc6ccccc6c5)o4)o3)ccc2c1. The van der Waals surface area contributed by atoms with Gasteiger partial charge in [0.1, 0.15) is 11.5 Å². The Bertz CT molecular complexity index is 1410. The minimum Gasteiger partial charge on any atom is -0.418 e. The molecule has 6 aromatic rings. The molecule has 31 heavy (non-hydrogen) atoms. The lowest BCUT2D eigenvalue weighted by atomic mass is 10.1. The van der Waals surface area contributed by atoms with Crippen LogP contribution in [0, 0.1) is 7.53 Å². The van der Waals surface area contributed by atoms with Crippen LogP contribution in [0.4, 0.5) is 0 Å². The first-order valence-corrected chi connectivity index (χ1v) is 12.3. The second-order valence-electron chi connectivity index (χ2n) is 7.43. The van der Waals surface area contributed by atoms with Crippen LogP contribution in [0.2, 0.25) is 0 Å². The number of rotatable bonds is 4. The molecule has 0 aliphatic heterocycles. The lowest BCUT2D eigenvalue weighted by Gasteiger charge is -2.00. The van der Waals surface area contributed by atoms with Gasteiger partial charge in [0, 0.05) is 23.3 Å². The van der Waals surface area contributed by atoms with Crippen molar-refractivity contribution in [3.63, 3.8) is 0 Å². The number of furan rings is 2. The van der Waals surface area contributed by atoms with Gasteiger partial charge in [0.05, 0.1) is 0 Å². The van der Waals surface area contributed by atoms with Gasteiger partial charge in [0.15, 0.2) is 0 Å². The van der Waals surface area contributed by atoms with E-state index >= 15 is 0 Å². The first kappa shape index (κ1) is 18.5. The summed E-state index contributed by atoms with van der Waals surface area (Å²) in [6.07, 6.45) is 0. The third kappa shape index (κ3) is 3.66. The van der Waals surface area contributed by atoms with Crippen LogP contribution >= 0.6 is 0 Å². The highest BCUT2D eigenvalue weighted by Crippen LogP contribution is 2.26. The predicted molar refractivity (Wildman–Crippen MR) is 121 cm³/mol. The summed E-state index contributed by atoms with van der Waals surface area (Å²) in [5.41, 5.74) is 2.20. The second kappa shape index (κ2) is 7.75. The fraction of sp³-hybridized carbons (Fsp3) is 0. The molecule has 0 saturated heterocycles. The minimum atomic E-state index is -0.517. The molecule has 0 aliphatic carbocycles. The summed E-state index contributed by atoms with van der Waals surface area (Å²) >= 11 is -0.517. The van der Waals surface area contributed by atoms with Gasteiger partial charge >= 0.3 is 28.7 Å². The molecule has 2 aromatic heterocycles. The van der Waals surface area contributed by atoms with E-state index in [9.17, 15) is 0 Å². The van der Waals surface area contributed by atoms with Gasteiger partial charge in [-0.1, -0.05) is 72.8 Å². The Hall–Kier alpha value is -3.31. The molecule has 0 spiro atoms. The molecule has 2 nitrogen and oxygen atoms in total. The number of benzene rings is 4. The molecule has 0 amide bonds. The molecule has 4 aromatic carbocycles. The van der Waals surface area contributed by atoms with E-state index in [2.05, 4.69) is 109 Å². The van der Waals surface area contributed by atoms with E-state index in [0.29, 0.717) is 0 Å². The zero-order valence-corrected chi connectivity index (χ0v) is 18.7. The molecule has 0 aliphatic rings. The molecule has 3 heteroatoms. The van der Waals surface area contributed by atoms with Gasteiger partial charge in [-0.25, -0.2) is 0 Å². The van der Waals surface area contributed by atoms with Crippen molar-refractivity contribution >= 4 is 21.5 Å². The highest BCUT2D eigenvalue weighted by molar-refractivity contribution is 5.87. The monoisotopic (exact) mass is 513 g/mol. The zero-order valence-electron chi connectivity index (χ0n) is 16.6. The van der Waals surface area contributed by atoms with Crippen molar-refractivity contribution in [3.05, 3.63) is 117 Å². The summed E-state index contributed by atoms with van der Waals surface area (Å²) in [5.74, 6) is 1.81. The maximum Gasteiger partial charge on any atom is 0.443 e. The van der Waals surface area contributed by atoms with Crippen LogP contribution in [0.15, 0.2) is 118 Å². The Morgan fingerprint density at radius 3 is 1.35 bits per heavy atom. The minimum absolute atomic E-state index is 0.517. The third-order valence-corrected chi connectivity index (χ3v) is 7.62. The molecule has 2 heterocycles. The molecule has 6 rings (SSSR count). The molecule has 0 radical (unpaired) electrons. The highest BCUT2D eigenvalue weighted by Gasteiger charge is 2.25. The van der Waals surface area contributed by atoms with Crippen molar-refractivity contribution in [2.75, 3.05) is 0 Å². The first-order chi connectivity index (χ1) is 15.3. The number of fused-ring (bicyclic) bond motifs is 2. The van der Waals surface area contributed by atoms with Crippen LogP contribution in [0.1, 0.15) is 0 Å². The van der Waals surface area contributed by atoms with E-state index < -0.39 is 21.2 Å². The van der Waals surface area contributed by atoms with E-state index in [1.807, 2.05) is 0 Å². The van der Waals surface area contributed by atoms with Crippen molar-refractivity contribution in [2.45, 2.75) is 0 Å². The molecular formula is C28H18IO2+. The van der Waals surface area contributed by atoms with Gasteiger partial charge in [-0.05, 0) is 45.8 Å². The highest BCUT2D eigenvalue weighted by atomic mass is 127. The van der Waals surface area contributed by atoms with Crippen LogP contribution in [0.3, 0.4) is 0 Å². The van der Waals surface area contributed by atoms with Crippen molar-refractivity contribution in [1.82, 2.24) is 0 Å². The summed E-state index contributed by atoms with van der Waals surface area (Å²) in [5, 5.41) is 4.92. The van der Waals surface area contributed by atoms with Crippen molar-refractivity contribution in [1.29, 1.82) is 0 Å². The predicted octanol–water partition coefficient (Wildman–Crippen LogP) is 4.64. The Kier molecular flexibility index (Phi) is 4.61. The van der Waals surface area contributed by atoms with E-state index in [1.54, 1.807) is 0 Å². The normalized spacial score (nSPS) is 11.4. The largest absolute Gasteiger partial charge is 0.443 e. The molecule has 0 bridgehead atoms. The van der Waals surface area contributed by atoms with Gasteiger partial charge < -0.3 is 8.83 Å². The Morgan fingerprint density at radius 2 is 0.871 bits per heavy atom. The summed E-state index contributed by atoms with van der Waals surface area (Å²) in [7, 11) is 0. The quantitative estimate of drug-likeness (QED) is 0.321. The van der Waals surface area contributed by atoms with Crippen molar-refractivity contribution < 1.29 is 30.0 Å². The second-order valence-corrected chi connectivity index (χ2v) is 10.1. The zero-order chi connectivity index (χ0) is 20.6. The van der Waals surface area contributed by atoms with Gasteiger partial charge in [0.25, 0.3) is 0 Å². The Morgan fingerprint density at radius 1 is 0.419 bits per heavy atom. The lowest BCUT2D eigenvalue weighted by molar-refractivity contribution is -0.635. The summed E-state index contributed by atoms with van der Waals surface area (Å²) < 4.78 is 14.4. The van der Waals surface area contributed by atoms with E-state index in [0.717, 1.165) is 30.2 Å². The maximum absolute atomic E-state index is 6.18. The Balaban J connectivity index is 1.24. The Labute approximate surface area is 190 Å². The van der Waals surface area contributed by atoms with E-state index in [-0.39, 0.29) is 0 Å². The molecular weight excluding hydrogens is 495 g/mol. The summed E-state index contributed by atoms with van der Waals surface area (Å²) in [6.45, 7) is 0. The average Bonchev–Trinajstić information content (AvgIpc) is 3.49. The fourth-order valence-corrected chi connectivity index (χ4v) is 5.76. The van der Waals surface area contributed by atoms with Gasteiger partial charge in [0.2, 0.25) is 0 Å². The smallest absolute Gasteiger partial charge is 0.418 e. The molecule has 0 atom stereocenters. The van der Waals surface area contributed by atoms with Gasteiger partial charge in [-0.3, -0.25) is 0 Å². The van der Waals surface area contributed by atoms with Crippen LogP contribution in [-0.2, 0) is 0 Å². The molecule has 148 valence electrons. The molecule has 0 unspecified atom stereocenters. The molecule has 0 saturated carbocycles. The van der Waals surface area contributed by atoms with Crippen LogP contribution in [0.5, 0.6) is 0 Å². The summed E-state index contributed by atoms with van der Waals surface area (Å²) in [4.78, 5) is 0. The fourth-order valence-electron chi connectivity index (χ4n) is 3.82. The third-order valence-electron chi connectivity index (χ3n) is 5.40. The molecule has 0 N–H and O–H groups in total. The average molecular weight is 513 g/mol. The van der Waals surface area contributed by atoms with E-state index in [4.69, 9.17) is 8.83 Å². The number of hydrogen-bond donors (Lipinski definition) is 0. The van der Waals surface area contributed by atoms with Gasteiger partial charge in [-0.2, -0.15) is 0 Å². The maximum atomic E-state index is 6.18. The van der Waals surface area contributed by atoms with E-state index in [1.165, 1.54) is 21.5 Å². The van der Waals surface area contributed by atoms with Crippen LogP contribution in [0.25, 0.3) is 44.2 Å². The topological polar surface area (TPSA) is 26.3 Å². The number of halogens is 1. The van der Waals surface area contributed by atoms with Crippen molar-refractivity contribution in [3.8, 4) is 22.6 Å². The van der Waals surface area contributed by atoms with Gasteiger partial charge in [-0.15, -0.1) is 0 Å². The lowest BCUT2D eigenvalue weighted by Crippen LogP contribution is -3.61. The van der Waals surface area contributed by atoms with Crippen molar-refractivity contribution in [2.24, 2.45) is 0 Å².